The molecular formula is C19H26N2O2. The van der Waals surface area contributed by atoms with E-state index >= 15 is 0 Å². The molecule has 1 saturated carbocycles. The van der Waals surface area contributed by atoms with Crippen molar-refractivity contribution in [2.75, 3.05) is 7.11 Å². The van der Waals surface area contributed by atoms with E-state index in [0.717, 1.165) is 30.9 Å². The highest BCUT2D eigenvalue weighted by molar-refractivity contribution is 5.44. The number of hydrogen-bond acceptors (Lipinski definition) is 3. The zero-order valence-electron chi connectivity index (χ0n) is 14.0. The van der Waals surface area contributed by atoms with Crippen molar-refractivity contribution in [3.8, 4) is 11.5 Å². The summed E-state index contributed by atoms with van der Waals surface area (Å²) < 4.78 is 11.6. The van der Waals surface area contributed by atoms with Crippen molar-refractivity contribution in [1.29, 1.82) is 0 Å². The van der Waals surface area contributed by atoms with E-state index in [1.54, 1.807) is 7.11 Å². The van der Waals surface area contributed by atoms with Gasteiger partial charge in [-0.15, -0.1) is 0 Å². The lowest BCUT2D eigenvalue weighted by Crippen LogP contribution is -2.18. The number of benzene rings is 1. The van der Waals surface area contributed by atoms with Crippen LogP contribution in [0.4, 0.5) is 0 Å². The fourth-order valence-corrected chi connectivity index (χ4v) is 3.09. The fourth-order valence-electron chi connectivity index (χ4n) is 3.09. The second-order valence-corrected chi connectivity index (χ2v) is 6.26. The lowest BCUT2D eigenvalue weighted by molar-refractivity contribution is 0.200. The lowest BCUT2D eigenvalue weighted by Gasteiger charge is -2.19. The number of methoxy groups -OCH3 is 1. The monoisotopic (exact) mass is 314 g/mol. The maximum absolute atomic E-state index is 6.10. The van der Waals surface area contributed by atoms with Gasteiger partial charge in [0.05, 0.1) is 13.2 Å². The molecule has 124 valence electrons. The first-order valence-corrected chi connectivity index (χ1v) is 8.46. The number of aromatic nitrogens is 1. The van der Waals surface area contributed by atoms with Crippen LogP contribution in [0.5, 0.6) is 11.5 Å². The molecule has 2 N–H and O–H groups in total. The largest absolute Gasteiger partial charge is 0.493 e. The molecule has 4 nitrogen and oxygen atoms in total. The summed E-state index contributed by atoms with van der Waals surface area (Å²) in [4.78, 5) is 3.08. The molecule has 0 radical (unpaired) electrons. The Labute approximate surface area is 138 Å². The maximum atomic E-state index is 6.10. The fraction of sp³-hybridized carbons (Fsp3) is 0.474. The van der Waals surface area contributed by atoms with Crippen molar-refractivity contribution < 1.29 is 9.47 Å². The lowest BCUT2D eigenvalue weighted by atomic mass is 10.1. The molecule has 23 heavy (non-hydrogen) atoms. The standard InChI is InChI=1S/C19H26N2O2/c1-14(21-13-15-9-10-20-12-15)16-7-8-18(19(11-16)22-2)23-17-5-3-4-6-17/h7-12,14,17,20-21H,3-6,13H2,1-2H3/t14-/m1/s1. The van der Waals surface area contributed by atoms with Crippen LogP contribution in [0.1, 0.15) is 49.8 Å². The third kappa shape index (κ3) is 4.08. The van der Waals surface area contributed by atoms with E-state index < -0.39 is 0 Å². The van der Waals surface area contributed by atoms with Crippen LogP contribution in [0.2, 0.25) is 0 Å². The Balaban J connectivity index is 1.64. The Morgan fingerprint density at radius 3 is 2.74 bits per heavy atom. The predicted octanol–water partition coefficient (Wildman–Crippen LogP) is 4.20. The minimum atomic E-state index is 0.249. The van der Waals surface area contributed by atoms with Crippen LogP contribution in [0.25, 0.3) is 0 Å². The highest BCUT2D eigenvalue weighted by atomic mass is 16.5. The molecule has 2 aromatic rings. The van der Waals surface area contributed by atoms with E-state index in [4.69, 9.17) is 9.47 Å². The van der Waals surface area contributed by atoms with Crippen molar-refractivity contribution in [1.82, 2.24) is 10.3 Å². The summed E-state index contributed by atoms with van der Waals surface area (Å²) >= 11 is 0. The van der Waals surface area contributed by atoms with Gasteiger partial charge in [-0.05, 0) is 61.9 Å². The van der Waals surface area contributed by atoms with E-state index in [1.807, 2.05) is 18.5 Å². The molecule has 0 amide bonds. The first kappa shape index (κ1) is 15.9. The molecule has 0 spiro atoms. The van der Waals surface area contributed by atoms with Crippen LogP contribution >= 0.6 is 0 Å². The Morgan fingerprint density at radius 2 is 2.04 bits per heavy atom. The summed E-state index contributed by atoms with van der Waals surface area (Å²) in [5.41, 5.74) is 2.46. The summed E-state index contributed by atoms with van der Waals surface area (Å²) in [5.74, 6) is 1.69. The van der Waals surface area contributed by atoms with Crippen molar-refractivity contribution in [3.63, 3.8) is 0 Å². The molecule has 1 aliphatic rings. The number of aromatic amines is 1. The number of rotatable bonds is 7. The Kier molecular flexibility index (Phi) is 5.23. The van der Waals surface area contributed by atoms with Crippen molar-refractivity contribution in [2.45, 2.75) is 51.3 Å². The molecule has 4 heteroatoms. The minimum absolute atomic E-state index is 0.249. The topological polar surface area (TPSA) is 46.3 Å². The van der Waals surface area contributed by atoms with Crippen LogP contribution in [0.3, 0.4) is 0 Å². The average Bonchev–Trinajstić information content (AvgIpc) is 3.26. The number of hydrogen-bond donors (Lipinski definition) is 2. The highest BCUT2D eigenvalue weighted by Gasteiger charge is 2.19. The molecule has 1 heterocycles. The average molecular weight is 314 g/mol. The molecule has 1 atom stereocenters. The molecule has 0 saturated heterocycles. The summed E-state index contributed by atoms with van der Waals surface area (Å²) in [7, 11) is 1.71. The number of nitrogens with one attached hydrogen (secondary N) is 2. The summed E-state index contributed by atoms with van der Waals surface area (Å²) in [6.45, 7) is 3.01. The van der Waals surface area contributed by atoms with Gasteiger partial charge in [0.2, 0.25) is 0 Å². The van der Waals surface area contributed by atoms with Crippen LogP contribution in [-0.4, -0.2) is 18.2 Å². The molecule has 0 bridgehead atoms. The van der Waals surface area contributed by atoms with Gasteiger partial charge >= 0.3 is 0 Å². The van der Waals surface area contributed by atoms with Gasteiger partial charge in [-0.3, -0.25) is 0 Å². The van der Waals surface area contributed by atoms with Gasteiger partial charge in [0, 0.05) is 25.0 Å². The Morgan fingerprint density at radius 1 is 1.22 bits per heavy atom. The zero-order valence-corrected chi connectivity index (χ0v) is 14.0. The van der Waals surface area contributed by atoms with E-state index in [1.165, 1.54) is 24.0 Å². The van der Waals surface area contributed by atoms with E-state index in [9.17, 15) is 0 Å². The molecular weight excluding hydrogens is 288 g/mol. The van der Waals surface area contributed by atoms with Crippen molar-refractivity contribution in [2.24, 2.45) is 0 Å². The highest BCUT2D eigenvalue weighted by Crippen LogP contribution is 2.33. The van der Waals surface area contributed by atoms with Gasteiger partial charge in [-0.25, -0.2) is 0 Å². The zero-order chi connectivity index (χ0) is 16.1. The van der Waals surface area contributed by atoms with Crippen LogP contribution < -0.4 is 14.8 Å². The van der Waals surface area contributed by atoms with Crippen LogP contribution in [0, 0.1) is 0 Å². The summed E-state index contributed by atoms with van der Waals surface area (Å²) in [6.07, 6.45) is 9.15. The quantitative estimate of drug-likeness (QED) is 0.805. The van der Waals surface area contributed by atoms with Gasteiger partial charge < -0.3 is 19.8 Å². The molecule has 1 aromatic heterocycles. The molecule has 1 aromatic carbocycles. The molecule has 1 fully saturated rings. The number of H-pyrrole nitrogens is 1. The SMILES string of the molecule is COc1cc([C@@H](C)NCc2cc[nH]c2)ccc1OC1CCCC1. The maximum Gasteiger partial charge on any atom is 0.161 e. The van der Waals surface area contributed by atoms with Crippen LogP contribution in [0.15, 0.2) is 36.7 Å². The Hall–Kier alpha value is -1.94. The van der Waals surface area contributed by atoms with Gasteiger partial charge in [-0.1, -0.05) is 6.07 Å². The van der Waals surface area contributed by atoms with Crippen molar-refractivity contribution >= 4 is 0 Å². The third-order valence-electron chi connectivity index (χ3n) is 4.56. The first-order chi connectivity index (χ1) is 11.3. The van der Waals surface area contributed by atoms with E-state index in [-0.39, 0.29) is 6.04 Å². The van der Waals surface area contributed by atoms with Crippen LogP contribution in [-0.2, 0) is 6.54 Å². The summed E-state index contributed by atoms with van der Waals surface area (Å²) in [6, 6.07) is 8.58. The van der Waals surface area contributed by atoms with Gasteiger partial charge in [0.25, 0.3) is 0 Å². The third-order valence-corrected chi connectivity index (χ3v) is 4.56. The van der Waals surface area contributed by atoms with Crippen molar-refractivity contribution in [3.05, 3.63) is 47.8 Å². The molecule has 0 unspecified atom stereocenters. The second kappa shape index (κ2) is 7.55. The first-order valence-electron chi connectivity index (χ1n) is 8.46. The molecule has 0 aliphatic heterocycles. The molecule has 1 aliphatic carbocycles. The smallest absolute Gasteiger partial charge is 0.161 e. The normalized spacial score (nSPS) is 16.4. The van der Waals surface area contributed by atoms with E-state index in [0.29, 0.717) is 6.10 Å². The second-order valence-electron chi connectivity index (χ2n) is 6.26. The summed E-state index contributed by atoms with van der Waals surface area (Å²) in [5, 5.41) is 3.53. The van der Waals surface area contributed by atoms with E-state index in [2.05, 4.69) is 35.4 Å². The predicted molar refractivity (Wildman–Crippen MR) is 91.9 cm³/mol. The Bertz CT molecular complexity index is 604. The van der Waals surface area contributed by atoms with Gasteiger partial charge in [0.1, 0.15) is 0 Å². The molecule has 3 rings (SSSR count). The van der Waals surface area contributed by atoms with Gasteiger partial charge in [0.15, 0.2) is 11.5 Å². The minimum Gasteiger partial charge on any atom is -0.493 e. The number of ether oxygens (including phenoxy) is 2. The van der Waals surface area contributed by atoms with Gasteiger partial charge in [-0.2, -0.15) is 0 Å².